The molecule has 1 saturated carbocycles. The maximum atomic E-state index is 12.8. The Kier molecular flexibility index (Phi) is 4.99. The predicted molar refractivity (Wildman–Crippen MR) is 105 cm³/mol. The van der Waals surface area contributed by atoms with Crippen LogP contribution < -0.4 is 5.32 Å². The minimum Gasteiger partial charge on any atom is -0.351 e. The number of rotatable bonds is 7. The molecule has 5 nitrogen and oxygen atoms in total. The van der Waals surface area contributed by atoms with Crippen molar-refractivity contribution in [3.63, 3.8) is 0 Å². The van der Waals surface area contributed by atoms with Crippen LogP contribution in [0, 0.1) is 6.92 Å². The molecule has 4 rings (SSSR count). The minimum absolute atomic E-state index is 0.0398. The van der Waals surface area contributed by atoms with E-state index >= 15 is 0 Å². The van der Waals surface area contributed by atoms with Crippen molar-refractivity contribution in [2.75, 3.05) is 6.54 Å². The molecular weight excluding hydrogens is 358 g/mol. The molecule has 1 heterocycles. The highest BCUT2D eigenvalue weighted by Gasteiger charge is 2.44. The number of nitrogens with zero attached hydrogens (tertiary/aromatic N) is 2. The molecule has 0 aliphatic heterocycles. The topological polar surface area (TPSA) is 68.0 Å². The molecule has 1 aliphatic rings. The number of carbonyl (C=O) groups excluding carboxylic acids is 1. The van der Waals surface area contributed by atoms with Crippen LogP contribution in [0.4, 0.5) is 0 Å². The summed E-state index contributed by atoms with van der Waals surface area (Å²) in [6.07, 6.45) is 2.23. The van der Waals surface area contributed by atoms with Crippen molar-refractivity contribution in [1.82, 2.24) is 15.5 Å². The fourth-order valence-electron chi connectivity index (χ4n) is 3.17. The maximum absolute atomic E-state index is 12.8. The van der Waals surface area contributed by atoms with Crippen LogP contribution in [-0.4, -0.2) is 22.6 Å². The quantitative estimate of drug-likeness (QED) is 0.625. The van der Waals surface area contributed by atoms with Crippen LogP contribution in [0.15, 0.2) is 64.0 Å². The van der Waals surface area contributed by atoms with E-state index in [1.54, 1.807) is 6.92 Å². The van der Waals surface area contributed by atoms with E-state index < -0.39 is 0 Å². The largest absolute Gasteiger partial charge is 0.351 e. The number of hydrogen-bond acceptors (Lipinski definition) is 5. The van der Waals surface area contributed by atoms with Gasteiger partial charge in [0.25, 0.3) is 5.91 Å². The van der Waals surface area contributed by atoms with Gasteiger partial charge in [0.05, 0.1) is 11.3 Å². The van der Waals surface area contributed by atoms with Gasteiger partial charge in [0.1, 0.15) is 0 Å². The number of carbonyl (C=O) groups is 1. The summed E-state index contributed by atoms with van der Waals surface area (Å²) < 4.78 is 5.15. The van der Waals surface area contributed by atoms with Gasteiger partial charge in [0.15, 0.2) is 5.82 Å². The first-order chi connectivity index (χ1) is 13.2. The average molecular weight is 379 g/mol. The molecule has 0 atom stereocenters. The molecule has 0 spiro atoms. The maximum Gasteiger partial charge on any atom is 0.252 e. The lowest BCUT2D eigenvalue weighted by Crippen LogP contribution is -2.32. The molecule has 6 heteroatoms. The van der Waals surface area contributed by atoms with Gasteiger partial charge in [-0.05, 0) is 37.5 Å². The van der Waals surface area contributed by atoms with Crippen molar-refractivity contribution in [2.45, 2.75) is 35.8 Å². The molecular formula is C21H21N3O2S. The number of amides is 1. The van der Waals surface area contributed by atoms with Crippen LogP contribution in [-0.2, 0) is 11.2 Å². The molecule has 1 amide bonds. The fraction of sp³-hybridized carbons (Fsp3) is 0.286. The summed E-state index contributed by atoms with van der Waals surface area (Å²) in [5.74, 6) is 1.68. The lowest BCUT2D eigenvalue weighted by Gasteiger charge is -2.17. The lowest BCUT2D eigenvalue weighted by atomic mass is 9.96. The van der Waals surface area contributed by atoms with Crippen molar-refractivity contribution in [1.29, 1.82) is 0 Å². The minimum atomic E-state index is -0.0398. The first kappa shape index (κ1) is 17.8. The van der Waals surface area contributed by atoms with E-state index in [0.717, 1.165) is 17.7 Å². The van der Waals surface area contributed by atoms with Crippen molar-refractivity contribution in [3.8, 4) is 0 Å². The van der Waals surface area contributed by atoms with Crippen molar-refractivity contribution in [2.24, 2.45) is 0 Å². The van der Waals surface area contributed by atoms with Gasteiger partial charge in [0, 0.05) is 16.9 Å². The number of benzene rings is 2. The molecule has 27 heavy (non-hydrogen) atoms. The third kappa shape index (κ3) is 4.06. The van der Waals surface area contributed by atoms with E-state index in [-0.39, 0.29) is 11.3 Å². The first-order valence-electron chi connectivity index (χ1n) is 9.01. The van der Waals surface area contributed by atoms with Crippen LogP contribution in [0.25, 0.3) is 0 Å². The number of aromatic nitrogens is 2. The zero-order valence-corrected chi connectivity index (χ0v) is 16.0. The van der Waals surface area contributed by atoms with Gasteiger partial charge in [-0.15, -0.1) is 11.8 Å². The molecule has 2 aromatic carbocycles. The fourth-order valence-corrected chi connectivity index (χ4v) is 4.06. The molecule has 138 valence electrons. The zero-order chi connectivity index (χ0) is 18.7. The van der Waals surface area contributed by atoms with Crippen LogP contribution in [0.3, 0.4) is 0 Å². The number of aryl methyl sites for hydroxylation is 1. The second-order valence-corrected chi connectivity index (χ2v) is 7.87. The standard InChI is InChI=1S/C21H21N3O2S/c1-15-23-19(26-24-15)13-27-18-10-6-5-9-17(18)20(25)22-14-21(11-12-21)16-7-3-2-4-8-16/h2-10H,11-14H2,1H3,(H,22,25). The summed E-state index contributed by atoms with van der Waals surface area (Å²) in [5, 5.41) is 6.94. The normalized spacial score (nSPS) is 14.7. The Balaban J connectivity index is 1.42. The Hall–Kier alpha value is -2.60. The summed E-state index contributed by atoms with van der Waals surface area (Å²) in [7, 11) is 0. The van der Waals surface area contributed by atoms with Gasteiger partial charge >= 0.3 is 0 Å². The van der Waals surface area contributed by atoms with Gasteiger partial charge in [-0.2, -0.15) is 4.98 Å². The summed E-state index contributed by atoms with van der Waals surface area (Å²) in [5.41, 5.74) is 2.09. The van der Waals surface area contributed by atoms with Gasteiger partial charge < -0.3 is 9.84 Å². The van der Waals surface area contributed by atoms with Gasteiger partial charge in [-0.3, -0.25) is 4.79 Å². The van der Waals surface area contributed by atoms with Crippen LogP contribution >= 0.6 is 11.8 Å². The Morgan fingerprint density at radius 1 is 1.15 bits per heavy atom. The smallest absolute Gasteiger partial charge is 0.252 e. The highest BCUT2D eigenvalue weighted by Crippen LogP contribution is 2.47. The Morgan fingerprint density at radius 2 is 1.89 bits per heavy atom. The second-order valence-electron chi connectivity index (χ2n) is 6.85. The number of hydrogen-bond donors (Lipinski definition) is 1. The number of nitrogens with one attached hydrogen (secondary N) is 1. The van der Waals surface area contributed by atoms with E-state index in [1.165, 1.54) is 17.3 Å². The summed E-state index contributed by atoms with van der Waals surface area (Å²) >= 11 is 1.53. The van der Waals surface area contributed by atoms with Crippen LogP contribution in [0.5, 0.6) is 0 Å². The van der Waals surface area contributed by atoms with E-state index in [4.69, 9.17) is 4.52 Å². The third-order valence-corrected chi connectivity index (χ3v) is 5.94. The van der Waals surface area contributed by atoms with Gasteiger partial charge in [-0.1, -0.05) is 47.6 Å². The van der Waals surface area contributed by atoms with Crippen LogP contribution in [0.2, 0.25) is 0 Å². The van der Waals surface area contributed by atoms with E-state index in [2.05, 4.69) is 39.7 Å². The third-order valence-electron chi connectivity index (χ3n) is 4.88. The molecule has 0 bridgehead atoms. The first-order valence-corrected chi connectivity index (χ1v) is 10.00. The summed E-state index contributed by atoms with van der Waals surface area (Å²) in [6, 6.07) is 18.1. The van der Waals surface area contributed by atoms with Gasteiger partial charge in [-0.25, -0.2) is 0 Å². The van der Waals surface area contributed by atoms with Crippen LogP contribution in [0.1, 0.15) is 40.5 Å². The molecule has 1 aromatic heterocycles. The lowest BCUT2D eigenvalue weighted by molar-refractivity contribution is 0.0946. The molecule has 1 aliphatic carbocycles. The molecule has 1 N–H and O–H groups in total. The highest BCUT2D eigenvalue weighted by atomic mass is 32.2. The van der Waals surface area contributed by atoms with Gasteiger partial charge in [0.2, 0.25) is 5.89 Å². The Morgan fingerprint density at radius 3 is 2.59 bits per heavy atom. The van der Waals surface area contributed by atoms with E-state index in [9.17, 15) is 4.79 Å². The van der Waals surface area contributed by atoms with Crippen molar-refractivity contribution < 1.29 is 9.32 Å². The summed E-state index contributed by atoms with van der Waals surface area (Å²) in [4.78, 5) is 17.9. The molecule has 0 unspecified atom stereocenters. The highest BCUT2D eigenvalue weighted by molar-refractivity contribution is 7.98. The zero-order valence-electron chi connectivity index (χ0n) is 15.1. The molecule has 0 radical (unpaired) electrons. The molecule has 3 aromatic rings. The molecule has 0 saturated heterocycles. The summed E-state index contributed by atoms with van der Waals surface area (Å²) in [6.45, 7) is 2.46. The monoisotopic (exact) mass is 379 g/mol. The van der Waals surface area contributed by atoms with E-state index in [1.807, 2.05) is 30.3 Å². The second kappa shape index (κ2) is 7.56. The SMILES string of the molecule is Cc1noc(CSc2ccccc2C(=O)NCC2(c3ccccc3)CC2)n1. The predicted octanol–water partition coefficient (Wildman–Crippen LogP) is 4.13. The van der Waals surface area contributed by atoms with E-state index in [0.29, 0.717) is 29.6 Å². The Bertz CT molecular complexity index is 935. The number of thioether (sulfide) groups is 1. The average Bonchev–Trinajstić information content (AvgIpc) is 3.39. The van der Waals surface area contributed by atoms with Crippen molar-refractivity contribution in [3.05, 3.63) is 77.4 Å². The van der Waals surface area contributed by atoms with Crippen molar-refractivity contribution >= 4 is 17.7 Å². The Labute approximate surface area is 162 Å². The molecule has 1 fully saturated rings.